The number of amides is 3. The molecule has 1 saturated carbocycles. The third-order valence-corrected chi connectivity index (χ3v) is 6.82. The Labute approximate surface area is 208 Å². The second kappa shape index (κ2) is 11.3. The average molecular weight is 497 g/mol. The molecule has 1 aliphatic rings. The average Bonchev–Trinajstić information content (AvgIpc) is 3.31. The van der Waals surface area contributed by atoms with Crippen LogP contribution in [0.2, 0.25) is 0 Å². The molecule has 3 amide bonds. The number of nitrogens with zero attached hydrogens (tertiary/aromatic N) is 1. The number of para-hydroxylation sites is 1. The van der Waals surface area contributed by atoms with Crippen molar-refractivity contribution in [2.45, 2.75) is 58.2 Å². The van der Waals surface area contributed by atoms with Crippen LogP contribution in [0.1, 0.15) is 52.3 Å². The predicted octanol–water partition coefficient (Wildman–Crippen LogP) is 5.34. The fourth-order valence-electron chi connectivity index (χ4n) is 4.18. The molecule has 0 bridgehead atoms. The summed E-state index contributed by atoms with van der Waals surface area (Å²) in [6.45, 7) is 4.04. The van der Waals surface area contributed by atoms with Crippen LogP contribution in [-0.2, 0) is 6.61 Å². The molecular formula is C26H29FN4O3S. The van der Waals surface area contributed by atoms with Gasteiger partial charge >= 0.3 is 6.03 Å². The van der Waals surface area contributed by atoms with Crippen molar-refractivity contribution in [2.24, 2.45) is 0 Å². The summed E-state index contributed by atoms with van der Waals surface area (Å²) in [6.07, 6.45) is 3.51. The maximum Gasteiger partial charge on any atom is 0.319 e. The van der Waals surface area contributed by atoms with E-state index in [1.54, 1.807) is 23.6 Å². The highest BCUT2D eigenvalue weighted by Gasteiger charge is 2.29. The Balaban J connectivity index is 1.32. The highest BCUT2D eigenvalue weighted by atomic mass is 32.1. The van der Waals surface area contributed by atoms with E-state index in [9.17, 15) is 14.0 Å². The van der Waals surface area contributed by atoms with Crippen molar-refractivity contribution in [2.75, 3.05) is 5.32 Å². The minimum atomic E-state index is -0.445. The highest BCUT2D eigenvalue weighted by molar-refractivity contribution is 7.09. The van der Waals surface area contributed by atoms with E-state index in [1.807, 2.05) is 32.0 Å². The van der Waals surface area contributed by atoms with Gasteiger partial charge in [-0.3, -0.25) is 4.79 Å². The summed E-state index contributed by atoms with van der Waals surface area (Å²) in [5.74, 6) is -0.602. The first-order chi connectivity index (χ1) is 16.9. The van der Waals surface area contributed by atoms with Gasteiger partial charge in [0.1, 0.15) is 17.3 Å². The van der Waals surface area contributed by atoms with Crippen molar-refractivity contribution in [3.05, 3.63) is 75.5 Å². The van der Waals surface area contributed by atoms with Gasteiger partial charge in [-0.2, -0.15) is 0 Å². The molecule has 3 aromatic rings. The molecule has 0 radical (unpaired) electrons. The molecule has 0 aliphatic heterocycles. The van der Waals surface area contributed by atoms with Gasteiger partial charge in [0, 0.05) is 17.1 Å². The molecular weight excluding hydrogens is 467 g/mol. The Bertz CT molecular complexity index is 1200. The number of nitrogens with one attached hydrogen (secondary N) is 3. The molecule has 9 heteroatoms. The monoisotopic (exact) mass is 496 g/mol. The Morgan fingerprint density at radius 2 is 1.83 bits per heavy atom. The van der Waals surface area contributed by atoms with Crippen LogP contribution in [0, 0.1) is 19.7 Å². The van der Waals surface area contributed by atoms with E-state index in [0.29, 0.717) is 5.01 Å². The van der Waals surface area contributed by atoms with Gasteiger partial charge < -0.3 is 20.7 Å². The van der Waals surface area contributed by atoms with E-state index >= 15 is 0 Å². The number of urea groups is 1. The van der Waals surface area contributed by atoms with Gasteiger partial charge in [-0.25, -0.2) is 14.2 Å². The Morgan fingerprint density at radius 1 is 1.09 bits per heavy atom. The number of carbonyl (C=O) groups excluding carboxylic acids is 2. The van der Waals surface area contributed by atoms with E-state index in [2.05, 4.69) is 20.9 Å². The van der Waals surface area contributed by atoms with Crippen LogP contribution < -0.4 is 20.7 Å². The van der Waals surface area contributed by atoms with Crippen molar-refractivity contribution in [1.82, 2.24) is 15.6 Å². The highest BCUT2D eigenvalue weighted by Crippen LogP contribution is 2.22. The van der Waals surface area contributed by atoms with Crippen LogP contribution in [-0.4, -0.2) is 29.0 Å². The first-order valence-corrected chi connectivity index (χ1v) is 12.5. The number of aromatic nitrogens is 1. The lowest BCUT2D eigenvalue weighted by molar-refractivity contribution is 0.0911. The predicted molar refractivity (Wildman–Crippen MR) is 134 cm³/mol. The number of halogens is 1. The maximum atomic E-state index is 13.7. The molecule has 0 saturated heterocycles. The van der Waals surface area contributed by atoms with Crippen molar-refractivity contribution < 1.29 is 18.7 Å². The number of thiazole rings is 1. The zero-order valence-electron chi connectivity index (χ0n) is 19.8. The summed E-state index contributed by atoms with van der Waals surface area (Å²) < 4.78 is 19.2. The van der Waals surface area contributed by atoms with Crippen molar-refractivity contribution in [3.63, 3.8) is 0 Å². The quantitative estimate of drug-likeness (QED) is 0.412. The zero-order valence-corrected chi connectivity index (χ0v) is 20.6. The third-order valence-electron chi connectivity index (χ3n) is 6.00. The van der Waals surface area contributed by atoms with E-state index in [-0.39, 0.29) is 42.1 Å². The number of hydrogen-bond donors (Lipinski definition) is 3. The smallest absolute Gasteiger partial charge is 0.319 e. The summed E-state index contributed by atoms with van der Waals surface area (Å²) in [7, 11) is 0. The molecule has 2 atom stereocenters. The summed E-state index contributed by atoms with van der Waals surface area (Å²) in [5.41, 5.74) is 3.17. The van der Waals surface area contributed by atoms with Gasteiger partial charge in [0.05, 0.1) is 6.04 Å². The fraction of sp³-hybridized carbons (Fsp3) is 0.346. The molecule has 0 spiro atoms. The zero-order chi connectivity index (χ0) is 24.8. The van der Waals surface area contributed by atoms with Crippen molar-refractivity contribution in [1.29, 1.82) is 0 Å². The van der Waals surface area contributed by atoms with Crippen LogP contribution in [0.15, 0.2) is 47.8 Å². The number of anilines is 1. The van der Waals surface area contributed by atoms with Gasteiger partial charge in [0.15, 0.2) is 11.6 Å². The first-order valence-electron chi connectivity index (χ1n) is 11.7. The molecule has 1 fully saturated rings. The van der Waals surface area contributed by atoms with Gasteiger partial charge in [-0.05, 0) is 50.5 Å². The molecule has 2 unspecified atom stereocenters. The van der Waals surface area contributed by atoms with Crippen LogP contribution in [0.5, 0.6) is 5.75 Å². The lowest BCUT2D eigenvalue weighted by atomic mass is 9.90. The number of aryl methyl sites for hydroxylation is 2. The first kappa shape index (κ1) is 24.7. The molecule has 3 N–H and O–H groups in total. The third kappa shape index (κ3) is 6.57. The SMILES string of the molecule is Cc1ccc(NC(=O)NC2CCCCC2NC(=O)c2csc(COc3ccccc3F)n2)c(C)c1. The molecule has 184 valence electrons. The number of carbonyl (C=O) groups is 2. The molecule has 1 aliphatic carbocycles. The molecule has 1 heterocycles. The van der Waals surface area contributed by atoms with E-state index < -0.39 is 5.82 Å². The molecule has 7 nitrogen and oxygen atoms in total. The Morgan fingerprint density at radius 3 is 2.57 bits per heavy atom. The van der Waals surface area contributed by atoms with Crippen LogP contribution >= 0.6 is 11.3 Å². The van der Waals surface area contributed by atoms with E-state index in [4.69, 9.17) is 4.74 Å². The van der Waals surface area contributed by atoms with E-state index in [0.717, 1.165) is 42.5 Å². The molecule has 35 heavy (non-hydrogen) atoms. The standard InChI is InChI=1S/C26H29FN4O3S/c1-16-11-12-19(17(2)13-16)30-26(33)31-21-9-5-4-8-20(21)29-25(32)22-15-35-24(28-22)14-34-23-10-6-3-7-18(23)27/h3,6-7,10-13,15,20-21H,4-5,8-9,14H2,1-2H3,(H,29,32)(H2,30,31,33). The number of benzene rings is 2. The lowest BCUT2D eigenvalue weighted by Crippen LogP contribution is -2.54. The van der Waals surface area contributed by atoms with Gasteiger partial charge in [0.25, 0.3) is 5.91 Å². The summed E-state index contributed by atoms with van der Waals surface area (Å²) in [5, 5.41) is 11.2. The maximum absolute atomic E-state index is 13.7. The topological polar surface area (TPSA) is 92.4 Å². The number of rotatable bonds is 7. The molecule has 1 aromatic heterocycles. The Kier molecular flexibility index (Phi) is 7.97. The van der Waals surface area contributed by atoms with Crippen molar-refractivity contribution >= 4 is 29.0 Å². The summed E-state index contributed by atoms with van der Waals surface area (Å²) in [6, 6.07) is 11.4. The van der Waals surface area contributed by atoms with E-state index in [1.165, 1.54) is 17.4 Å². The second-order valence-corrected chi connectivity index (χ2v) is 9.68. The summed E-state index contributed by atoms with van der Waals surface area (Å²) in [4.78, 5) is 29.8. The molecule has 2 aromatic carbocycles. The van der Waals surface area contributed by atoms with Gasteiger partial charge in [0.2, 0.25) is 0 Å². The van der Waals surface area contributed by atoms with Gasteiger partial charge in [-0.15, -0.1) is 11.3 Å². The normalized spacial score (nSPS) is 17.5. The van der Waals surface area contributed by atoms with Gasteiger partial charge in [-0.1, -0.05) is 42.7 Å². The van der Waals surface area contributed by atoms with Crippen LogP contribution in [0.3, 0.4) is 0 Å². The summed E-state index contributed by atoms with van der Waals surface area (Å²) >= 11 is 1.28. The lowest BCUT2D eigenvalue weighted by Gasteiger charge is -2.32. The van der Waals surface area contributed by atoms with Crippen LogP contribution in [0.25, 0.3) is 0 Å². The van der Waals surface area contributed by atoms with Crippen LogP contribution in [0.4, 0.5) is 14.9 Å². The number of hydrogen-bond acceptors (Lipinski definition) is 5. The minimum absolute atomic E-state index is 0.0745. The fourth-order valence-corrected chi connectivity index (χ4v) is 4.87. The Hall–Kier alpha value is -3.46. The van der Waals surface area contributed by atoms with Crippen molar-refractivity contribution in [3.8, 4) is 5.75 Å². The molecule has 4 rings (SSSR count). The second-order valence-electron chi connectivity index (χ2n) is 8.73. The minimum Gasteiger partial charge on any atom is -0.483 e. The largest absolute Gasteiger partial charge is 0.483 e. The number of ether oxygens (including phenoxy) is 1.